The van der Waals surface area contributed by atoms with Crippen LogP contribution in [0.2, 0.25) is 0 Å². The van der Waals surface area contributed by atoms with E-state index < -0.39 is 0 Å². The van der Waals surface area contributed by atoms with Crippen molar-refractivity contribution in [1.29, 1.82) is 0 Å². The molecule has 0 radical (unpaired) electrons. The SMILES string of the molecule is O[C@@H]1CCCC[C@@H]1NCc1sccc1Br. The van der Waals surface area contributed by atoms with Gasteiger partial charge in [-0.15, -0.1) is 11.3 Å². The van der Waals surface area contributed by atoms with Gasteiger partial charge in [0.2, 0.25) is 0 Å². The molecule has 1 aliphatic carbocycles. The first-order valence-electron chi connectivity index (χ1n) is 5.40. The maximum absolute atomic E-state index is 9.80. The predicted octanol–water partition coefficient (Wildman–Crippen LogP) is 2.90. The summed E-state index contributed by atoms with van der Waals surface area (Å²) >= 11 is 5.26. The molecule has 0 saturated heterocycles. The van der Waals surface area contributed by atoms with Crippen LogP contribution in [-0.4, -0.2) is 17.3 Å². The molecule has 0 unspecified atom stereocenters. The Kier molecular flexibility index (Phi) is 4.20. The van der Waals surface area contributed by atoms with Crippen LogP contribution in [0.25, 0.3) is 0 Å². The third-order valence-electron chi connectivity index (χ3n) is 2.95. The Bertz CT molecular complexity index is 315. The second-order valence-electron chi connectivity index (χ2n) is 4.03. The van der Waals surface area contributed by atoms with Crippen LogP contribution in [0.3, 0.4) is 0 Å². The van der Waals surface area contributed by atoms with Crippen molar-refractivity contribution in [3.05, 3.63) is 20.8 Å². The zero-order valence-electron chi connectivity index (χ0n) is 8.58. The fourth-order valence-corrected chi connectivity index (χ4v) is 3.47. The van der Waals surface area contributed by atoms with E-state index in [9.17, 15) is 5.11 Å². The lowest BCUT2D eigenvalue weighted by Crippen LogP contribution is -2.41. The van der Waals surface area contributed by atoms with Gasteiger partial charge in [0, 0.05) is 21.9 Å². The first kappa shape index (κ1) is 11.6. The van der Waals surface area contributed by atoms with E-state index in [-0.39, 0.29) is 12.1 Å². The van der Waals surface area contributed by atoms with Crippen LogP contribution in [0, 0.1) is 0 Å². The van der Waals surface area contributed by atoms with Crippen molar-refractivity contribution >= 4 is 27.3 Å². The quantitative estimate of drug-likeness (QED) is 0.897. The Morgan fingerprint density at radius 3 is 2.93 bits per heavy atom. The molecule has 1 saturated carbocycles. The topological polar surface area (TPSA) is 32.3 Å². The van der Waals surface area contributed by atoms with Crippen LogP contribution in [0.4, 0.5) is 0 Å². The molecule has 1 aromatic rings. The fraction of sp³-hybridized carbons (Fsp3) is 0.636. The minimum Gasteiger partial charge on any atom is -0.392 e. The lowest BCUT2D eigenvalue weighted by molar-refractivity contribution is 0.0904. The average Bonchev–Trinajstić information content (AvgIpc) is 2.63. The molecule has 0 spiro atoms. The van der Waals surface area contributed by atoms with Gasteiger partial charge in [-0.3, -0.25) is 0 Å². The number of hydrogen-bond donors (Lipinski definition) is 2. The summed E-state index contributed by atoms with van der Waals surface area (Å²) < 4.78 is 1.17. The number of thiophene rings is 1. The van der Waals surface area contributed by atoms with Crippen molar-refractivity contribution in [2.24, 2.45) is 0 Å². The number of rotatable bonds is 3. The molecule has 4 heteroatoms. The van der Waals surface area contributed by atoms with E-state index in [1.807, 2.05) is 0 Å². The van der Waals surface area contributed by atoms with Crippen LogP contribution < -0.4 is 5.32 Å². The Hall–Kier alpha value is 0.100. The summed E-state index contributed by atoms with van der Waals surface area (Å²) in [6, 6.07) is 2.35. The highest BCUT2D eigenvalue weighted by molar-refractivity contribution is 9.10. The Morgan fingerprint density at radius 1 is 1.47 bits per heavy atom. The molecule has 2 rings (SSSR count). The van der Waals surface area contributed by atoms with Crippen molar-refractivity contribution in [2.45, 2.75) is 44.4 Å². The van der Waals surface area contributed by atoms with Gasteiger partial charge in [0.15, 0.2) is 0 Å². The largest absolute Gasteiger partial charge is 0.392 e. The molecule has 1 aliphatic rings. The standard InChI is InChI=1S/C11H16BrNOS/c12-8-5-6-15-11(8)7-13-9-3-1-2-4-10(9)14/h5-6,9-10,13-14H,1-4,7H2/t9-,10+/m0/s1. The van der Waals surface area contributed by atoms with Crippen LogP contribution in [0.15, 0.2) is 15.9 Å². The summed E-state index contributed by atoms with van der Waals surface area (Å²) in [5.74, 6) is 0. The Labute approximate surface area is 103 Å². The van der Waals surface area contributed by atoms with Crippen LogP contribution in [0.1, 0.15) is 30.6 Å². The molecule has 0 bridgehead atoms. The van der Waals surface area contributed by atoms with Crippen molar-refractivity contribution in [3.8, 4) is 0 Å². The van der Waals surface area contributed by atoms with Crippen LogP contribution in [-0.2, 0) is 6.54 Å². The summed E-state index contributed by atoms with van der Waals surface area (Å²) in [4.78, 5) is 1.31. The smallest absolute Gasteiger partial charge is 0.0693 e. The second kappa shape index (κ2) is 5.43. The van der Waals surface area contributed by atoms with E-state index in [0.29, 0.717) is 0 Å². The highest BCUT2D eigenvalue weighted by Crippen LogP contribution is 2.24. The third kappa shape index (κ3) is 3.03. The molecule has 2 N–H and O–H groups in total. The second-order valence-corrected chi connectivity index (χ2v) is 5.89. The molecule has 84 valence electrons. The summed E-state index contributed by atoms with van der Waals surface area (Å²) in [6.45, 7) is 0.861. The molecule has 1 heterocycles. The summed E-state index contributed by atoms with van der Waals surface area (Å²) in [7, 11) is 0. The van der Waals surface area contributed by atoms with Gasteiger partial charge >= 0.3 is 0 Å². The molecule has 0 amide bonds. The van der Waals surface area contributed by atoms with Crippen molar-refractivity contribution in [3.63, 3.8) is 0 Å². The van der Waals surface area contributed by atoms with E-state index in [1.54, 1.807) is 11.3 Å². The number of hydrogen-bond acceptors (Lipinski definition) is 3. The molecule has 15 heavy (non-hydrogen) atoms. The number of halogens is 1. The van der Waals surface area contributed by atoms with Crippen molar-refractivity contribution in [1.82, 2.24) is 5.32 Å². The molecule has 1 fully saturated rings. The van der Waals surface area contributed by atoms with Gasteiger partial charge < -0.3 is 10.4 Å². The molecule has 2 nitrogen and oxygen atoms in total. The summed E-state index contributed by atoms with van der Waals surface area (Å²) in [5.41, 5.74) is 0. The normalized spacial score (nSPS) is 26.8. The summed E-state index contributed by atoms with van der Waals surface area (Å²) in [5, 5.41) is 15.3. The molecule has 0 aliphatic heterocycles. The Balaban J connectivity index is 1.84. The number of aliphatic hydroxyl groups is 1. The van der Waals surface area contributed by atoms with Crippen LogP contribution >= 0.6 is 27.3 Å². The van der Waals surface area contributed by atoms with Gasteiger partial charge in [-0.05, 0) is 40.2 Å². The minimum absolute atomic E-state index is 0.155. The Morgan fingerprint density at radius 2 is 2.27 bits per heavy atom. The molecule has 0 aromatic carbocycles. The van der Waals surface area contributed by atoms with Gasteiger partial charge in [-0.1, -0.05) is 12.8 Å². The third-order valence-corrected chi connectivity index (χ3v) is 4.87. The number of aliphatic hydroxyl groups excluding tert-OH is 1. The molecular weight excluding hydrogens is 274 g/mol. The van der Waals surface area contributed by atoms with Gasteiger partial charge in [0.25, 0.3) is 0 Å². The van der Waals surface area contributed by atoms with E-state index in [0.717, 1.165) is 19.4 Å². The predicted molar refractivity (Wildman–Crippen MR) is 67.1 cm³/mol. The zero-order valence-corrected chi connectivity index (χ0v) is 11.0. The van der Waals surface area contributed by atoms with E-state index in [1.165, 1.54) is 22.2 Å². The van der Waals surface area contributed by atoms with Gasteiger partial charge in [0.1, 0.15) is 0 Å². The maximum Gasteiger partial charge on any atom is 0.0693 e. The molecule has 1 aromatic heterocycles. The van der Waals surface area contributed by atoms with Crippen LogP contribution in [0.5, 0.6) is 0 Å². The van der Waals surface area contributed by atoms with E-state index in [4.69, 9.17) is 0 Å². The minimum atomic E-state index is -0.155. The molecule has 2 atom stereocenters. The zero-order chi connectivity index (χ0) is 10.7. The van der Waals surface area contributed by atoms with Gasteiger partial charge in [-0.2, -0.15) is 0 Å². The van der Waals surface area contributed by atoms with E-state index >= 15 is 0 Å². The van der Waals surface area contributed by atoms with Gasteiger partial charge in [-0.25, -0.2) is 0 Å². The van der Waals surface area contributed by atoms with Crippen molar-refractivity contribution < 1.29 is 5.11 Å². The monoisotopic (exact) mass is 289 g/mol. The highest BCUT2D eigenvalue weighted by Gasteiger charge is 2.22. The first-order valence-corrected chi connectivity index (χ1v) is 7.08. The lowest BCUT2D eigenvalue weighted by Gasteiger charge is -2.28. The fourth-order valence-electron chi connectivity index (χ4n) is 2.02. The lowest BCUT2D eigenvalue weighted by atomic mass is 9.92. The van der Waals surface area contributed by atoms with Crippen molar-refractivity contribution in [2.75, 3.05) is 0 Å². The molecular formula is C11H16BrNOS. The summed E-state index contributed by atoms with van der Waals surface area (Å²) in [6.07, 6.45) is 4.30. The van der Waals surface area contributed by atoms with Gasteiger partial charge in [0.05, 0.1) is 6.10 Å². The number of nitrogens with one attached hydrogen (secondary N) is 1. The maximum atomic E-state index is 9.80. The van der Waals surface area contributed by atoms with E-state index in [2.05, 4.69) is 32.7 Å². The average molecular weight is 290 g/mol. The first-order chi connectivity index (χ1) is 7.27. The highest BCUT2D eigenvalue weighted by atomic mass is 79.9.